The van der Waals surface area contributed by atoms with E-state index in [-0.39, 0.29) is 27.7 Å². The van der Waals surface area contributed by atoms with Crippen LogP contribution in [0.5, 0.6) is 0 Å². The molecule has 1 aromatic heterocycles. The van der Waals surface area contributed by atoms with E-state index in [1.54, 1.807) is 23.7 Å². The third-order valence-corrected chi connectivity index (χ3v) is 6.96. The predicted octanol–water partition coefficient (Wildman–Crippen LogP) is 3.28. The highest BCUT2D eigenvalue weighted by molar-refractivity contribution is 7.88. The maximum absolute atomic E-state index is 13.9. The number of carbonyl (C=O) groups excluding carboxylic acids is 1. The molecule has 0 saturated carbocycles. The summed E-state index contributed by atoms with van der Waals surface area (Å²) in [5, 5.41) is -0.204. The molecule has 0 bridgehead atoms. The van der Waals surface area contributed by atoms with Gasteiger partial charge in [-0.2, -0.15) is 8.42 Å². The summed E-state index contributed by atoms with van der Waals surface area (Å²) in [4.78, 5) is 16.6. The Kier molecular flexibility index (Phi) is 5.42. The molecule has 2 heterocycles. The molecule has 1 aliphatic heterocycles. The summed E-state index contributed by atoms with van der Waals surface area (Å²) in [5.41, 5.74) is 8.59. The fourth-order valence-corrected chi connectivity index (χ4v) is 5.02. The number of nitrogens with zero attached hydrogens (tertiary/aromatic N) is 3. The summed E-state index contributed by atoms with van der Waals surface area (Å²) >= 11 is 7.15. The summed E-state index contributed by atoms with van der Waals surface area (Å²) in [6.45, 7) is -0.439. The number of ether oxygens (including phenoxy) is 1. The second-order valence-electron chi connectivity index (χ2n) is 6.48. The zero-order valence-electron chi connectivity index (χ0n) is 15.9. The largest absolute Gasteiger partial charge is 0.464 e. The maximum atomic E-state index is 13.9. The normalized spacial score (nSPS) is 15.5. The van der Waals surface area contributed by atoms with Gasteiger partial charge in [0, 0.05) is 11.3 Å². The first-order chi connectivity index (χ1) is 14.7. The third kappa shape index (κ3) is 3.99. The van der Waals surface area contributed by atoms with Crippen LogP contribution in [0.4, 0.5) is 10.1 Å². The van der Waals surface area contributed by atoms with Crippen molar-refractivity contribution in [2.75, 3.05) is 12.8 Å². The summed E-state index contributed by atoms with van der Waals surface area (Å²) in [6, 6.07) is 7.32. The highest BCUT2D eigenvalue weighted by Crippen LogP contribution is 2.29. The topological polar surface area (TPSA) is 115 Å². The summed E-state index contributed by atoms with van der Waals surface area (Å²) < 4.78 is 50.1. The second-order valence-corrected chi connectivity index (χ2v) is 9.29. The van der Waals surface area contributed by atoms with Crippen LogP contribution in [0, 0.1) is 5.82 Å². The summed E-state index contributed by atoms with van der Waals surface area (Å²) in [6.07, 6.45) is 1.29. The zero-order chi connectivity index (χ0) is 22.3. The fourth-order valence-electron chi connectivity index (χ4n) is 3.01. The van der Waals surface area contributed by atoms with Gasteiger partial charge in [0.05, 0.1) is 40.1 Å². The Bertz CT molecular complexity index is 1380. The van der Waals surface area contributed by atoms with Crippen LogP contribution in [0.15, 0.2) is 52.0 Å². The number of benzene rings is 2. The molecule has 160 valence electrons. The van der Waals surface area contributed by atoms with Crippen LogP contribution < -0.4 is 5.73 Å². The van der Waals surface area contributed by atoms with E-state index < -0.39 is 28.5 Å². The smallest absolute Gasteiger partial charge is 0.355 e. The van der Waals surface area contributed by atoms with Gasteiger partial charge in [-0.1, -0.05) is 17.7 Å². The van der Waals surface area contributed by atoms with Crippen LogP contribution in [0.3, 0.4) is 0 Å². The van der Waals surface area contributed by atoms with E-state index in [1.165, 1.54) is 23.5 Å². The number of rotatable bonds is 4. The minimum atomic E-state index is -4.38. The van der Waals surface area contributed by atoms with Crippen molar-refractivity contribution in [2.24, 2.45) is 4.40 Å². The SMILES string of the molecule is COC(=O)C1=CC(c2ccc3scnc3c2)=NS(=O)(=O)N1Cc1cc(F)c(Cl)cc1N. The molecule has 0 saturated heterocycles. The van der Waals surface area contributed by atoms with Crippen molar-refractivity contribution >= 4 is 60.7 Å². The number of esters is 1. The molecular weight excluding hydrogens is 467 g/mol. The molecule has 0 amide bonds. The van der Waals surface area contributed by atoms with Gasteiger partial charge in [0.25, 0.3) is 0 Å². The Hall–Kier alpha value is -3.02. The van der Waals surface area contributed by atoms with Crippen LogP contribution in [0.25, 0.3) is 10.2 Å². The Morgan fingerprint density at radius 1 is 1.32 bits per heavy atom. The van der Waals surface area contributed by atoms with Gasteiger partial charge in [0.2, 0.25) is 0 Å². The molecule has 0 atom stereocenters. The van der Waals surface area contributed by atoms with E-state index >= 15 is 0 Å². The summed E-state index contributed by atoms with van der Waals surface area (Å²) in [7, 11) is -3.26. The molecule has 2 aromatic carbocycles. The van der Waals surface area contributed by atoms with Gasteiger partial charge in [-0.15, -0.1) is 15.7 Å². The van der Waals surface area contributed by atoms with Crippen LogP contribution in [0.2, 0.25) is 5.02 Å². The molecule has 0 unspecified atom stereocenters. The fraction of sp³-hybridized carbons (Fsp3) is 0.105. The number of halogens is 2. The minimum Gasteiger partial charge on any atom is -0.464 e. The maximum Gasteiger partial charge on any atom is 0.355 e. The highest BCUT2D eigenvalue weighted by atomic mass is 35.5. The van der Waals surface area contributed by atoms with Gasteiger partial charge in [-0.25, -0.2) is 18.5 Å². The minimum absolute atomic E-state index is 0.0433. The van der Waals surface area contributed by atoms with Crippen molar-refractivity contribution < 1.29 is 22.3 Å². The number of aromatic nitrogens is 1. The average Bonchev–Trinajstić information content (AvgIpc) is 3.20. The zero-order valence-corrected chi connectivity index (χ0v) is 18.3. The average molecular weight is 481 g/mol. The lowest BCUT2D eigenvalue weighted by atomic mass is 10.1. The van der Waals surface area contributed by atoms with Gasteiger partial charge < -0.3 is 10.5 Å². The van der Waals surface area contributed by atoms with Crippen molar-refractivity contribution in [1.82, 2.24) is 9.29 Å². The molecule has 31 heavy (non-hydrogen) atoms. The van der Waals surface area contributed by atoms with Gasteiger partial charge in [-0.3, -0.25) is 0 Å². The Morgan fingerprint density at radius 2 is 2.10 bits per heavy atom. The number of anilines is 1. The van der Waals surface area contributed by atoms with Crippen molar-refractivity contribution in [1.29, 1.82) is 0 Å². The number of hydrogen-bond acceptors (Lipinski definition) is 7. The van der Waals surface area contributed by atoms with Gasteiger partial charge in [0.1, 0.15) is 11.5 Å². The number of thiazole rings is 1. The molecule has 2 N–H and O–H groups in total. The third-order valence-electron chi connectivity index (χ3n) is 4.55. The molecule has 1 aliphatic rings. The molecule has 3 aromatic rings. The first-order valence-electron chi connectivity index (χ1n) is 8.69. The predicted molar refractivity (Wildman–Crippen MR) is 117 cm³/mol. The number of hydrogen-bond donors (Lipinski definition) is 1. The van der Waals surface area contributed by atoms with Gasteiger partial charge >= 0.3 is 16.2 Å². The molecule has 12 heteroatoms. The molecule has 0 radical (unpaired) electrons. The first-order valence-corrected chi connectivity index (χ1v) is 11.3. The van der Waals surface area contributed by atoms with E-state index in [0.29, 0.717) is 15.4 Å². The van der Waals surface area contributed by atoms with Crippen molar-refractivity contribution in [3.05, 3.63) is 69.6 Å². The van der Waals surface area contributed by atoms with E-state index in [9.17, 15) is 17.6 Å². The molecule has 0 aliphatic carbocycles. The van der Waals surface area contributed by atoms with E-state index in [0.717, 1.165) is 17.9 Å². The lowest BCUT2D eigenvalue weighted by Gasteiger charge is -2.27. The standard InChI is InChI=1S/C19H14ClFN4O4S2/c1-29-19(26)17-7-15(10-2-3-18-16(5-10)23-9-30-18)24-31(27,28)25(17)8-11-4-13(21)12(20)6-14(11)22/h2-7,9H,8,22H2,1H3. The van der Waals surface area contributed by atoms with Gasteiger partial charge in [-0.05, 0) is 35.9 Å². The highest BCUT2D eigenvalue weighted by Gasteiger charge is 2.34. The van der Waals surface area contributed by atoms with Crippen LogP contribution in [-0.2, 0) is 26.3 Å². The molecule has 8 nitrogen and oxygen atoms in total. The van der Waals surface area contributed by atoms with E-state index in [4.69, 9.17) is 22.1 Å². The quantitative estimate of drug-likeness (QED) is 0.452. The number of nitrogen functional groups attached to an aromatic ring is 1. The monoisotopic (exact) mass is 480 g/mol. The number of allylic oxidation sites excluding steroid dienone is 1. The van der Waals surface area contributed by atoms with E-state index in [2.05, 4.69) is 9.38 Å². The second kappa shape index (κ2) is 7.91. The Labute approximate surface area is 185 Å². The Balaban J connectivity index is 1.80. The Morgan fingerprint density at radius 3 is 2.84 bits per heavy atom. The molecular formula is C19H14ClFN4O4S2. The number of fused-ring (bicyclic) bond motifs is 1. The molecule has 0 fully saturated rings. The summed E-state index contributed by atoms with van der Waals surface area (Å²) in [5.74, 6) is -1.68. The first kappa shape index (κ1) is 21.2. The van der Waals surface area contributed by atoms with Crippen molar-refractivity contribution in [2.45, 2.75) is 6.54 Å². The van der Waals surface area contributed by atoms with Crippen LogP contribution in [0.1, 0.15) is 11.1 Å². The van der Waals surface area contributed by atoms with Crippen LogP contribution >= 0.6 is 22.9 Å². The van der Waals surface area contributed by atoms with E-state index in [1.807, 2.05) is 0 Å². The molecule has 0 spiro atoms. The number of methoxy groups -OCH3 is 1. The lowest BCUT2D eigenvalue weighted by Crippen LogP contribution is -2.36. The van der Waals surface area contributed by atoms with Gasteiger partial charge in [0.15, 0.2) is 0 Å². The number of nitrogens with two attached hydrogens (primary N) is 1. The van der Waals surface area contributed by atoms with Crippen molar-refractivity contribution in [3.8, 4) is 0 Å². The van der Waals surface area contributed by atoms with Crippen LogP contribution in [-0.4, -0.2) is 36.5 Å². The lowest BCUT2D eigenvalue weighted by molar-refractivity contribution is -0.137. The molecule has 4 rings (SSSR count). The van der Waals surface area contributed by atoms with Crippen molar-refractivity contribution in [3.63, 3.8) is 0 Å². The number of carbonyl (C=O) groups is 1.